The van der Waals surface area contributed by atoms with Gasteiger partial charge in [-0.15, -0.1) is 0 Å². The molecule has 5 nitrogen and oxygen atoms in total. The summed E-state index contributed by atoms with van der Waals surface area (Å²) in [7, 11) is 0. The first kappa shape index (κ1) is 15.4. The third-order valence-electron chi connectivity index (χ3n) is 3.41. The smallest absolute Gasteiger partial charge is 0.238 e. The highest BCUT2D eigenvalue weighted by molar-refractivity contribution is 6.37. The van der Waals surface area contributed by atoms with Gasteiger partial charge in [-0.2, -0.15) is 0 Å². The molecular weight excluding hydrogens is 301 g/mol. The first-order chi connectivity index (χ1) is 9.51. The lowest BCUT2D eigenvalue weighted by Crippen LogP contribution is -2.38. The van der Waals surface area contributed by atoms with E-state index in [2.05, 4.69) is 5.32 Å². The summed E-state index contributed by atoms with van der Waals surface area (Å²) < 4.78 is 0. The molecule has 0 spiro atoms. The molecule has 1 aliphatic heterocycles. The van der Waals surface area contributed by atoms with Crippen LogP contribution >= 0.6 is 23.2 Å². The number of aliphatic hydroxyl groups excluding tert-OH is 1. The van der Waals surface area contributed by atoms with E-state index in [-0.39, 0.29) is 25.1 Å². The maximum atomic E-state index is 12.0. The van der Waals surface area contributed by atoms with E-state index in [1.54, 1.807) is 0 Å². The summed E-state index contributed by atoms with van der Waals surface area (Å²) in [6, 6.07) is 3.12. The highest BCUT2D eigenvalue weighted by Crippen LogP contribution is 2.32. The molecule has 0 saturated carbocycles. The zero-order valence-electron chi connectivity index (χ0n) is 10.9. The number of carbonyl (C=O) groups excluding carboxylic acids is 1. The molecule has 2 rings (SSSR count). The maximum Gasteiger partial charge on any atom is 0.238 e. The van der Waals surface area contributed by atoms with Crippen molar-refractivity contribution in [1.82, 2.24) is 4.90 Å². The van der Waals surface area contributed by atoms with Crippen LogP contribution in [-0.2, 0) is 4.79 Å². The van der Waals surface area contributed by atoms with Crippen LogP contribution in [0.3, 0.4) is 0 Å². The molecule has 0 aromatic heterocycles. The minimum Gasteiger partial charge on any atom is -0.397 e. The highest BCUT2D eigenvalue weighted by atomic mass is 35.5. The van der Waals surface area contributed by atoms with Gasteiger partial charge < -0.3 is 16.2 Å². The van der Waals surface area contributed by atoms with Crippen LogP contribution in [0.4, 0.5) is 11.4 Å². The van der Waals surface area contributed by atoms with Gasteiger partial charge >= 0.3 is 0 Å². The normalized spacial score (nSPS) is 19.2. The summed E-state index contributed by atoms with van der Waals surface area (Å²) >= 11 is 11.8. The quantitative estimate of drug-likeness (QED) is 0.742. The average Bonchev–Trinajstić information content (AvgIpc) is 2.81. The number of nitrogens with two attached hydrogens (primary N) is 1. The van der Waals surface area contributed by atoms with Gasteiger partial charge in [0.05, 0.1) is 29.5 Å². The molecule has 1 heterocycles. The minimum atomic E-state index is -0.207. The van der Waals surface area contributed by atoms with E-state index in [4.69, 9.17) is 28.9 Å². The number of rotatable bonds is 4. The zero-order valence-corrected chi connectivity index (χ0v) is 12.4. The Balaban J connectivity index is 2.01. The average molecular weight is 318 g/mol. The minimum absolute atomic E-state index is 0.0544. The first-order valence-electron chi connectivity index (χ1n) is 6.40. The largest absolute Gasteiger partial charge is 0.397 e. The fourth-order valence-corrected chi connectivity index (χ4v) is 2.96. The molecule has 0 bridgehead atoms. The van der Waals surface area contributed by atoms with E-state index in [9.17, 15) is 9.90 Å². The standard InChI is InChI=1S/C13H17Cl2N3O2/c14-8-4-10(15)13(11(16)5-8)17-12(20)6-18-3-1-2-9(18)7-19/h4-5,9,19H,1-3,6-7,16H2,(H,17,20). The van der Waals surface area contributed by atoms with E-state index >= 15 is 0 Å². The van der Waals surface area contributed by atoms with Crippen LogP contribution < -0.4 is 11.1 Å². The second-order valence-electron chi connectivity index (χ2n) is 4.85. The molecule has 20 heavy (non-hydrogen) atoms. The van der Waals surface area contributed by atoms with Crippen LogP contribution in [0.1, 0.15) is 12.8 Å². The Morgan fingerprint density at radius 2 is 2.25 bits per heavy atom. The van der Waals surface area contributed by atoms with E-state index < -0.39 is 0 Å². The van der Waals surface area contributed by atoms with Crippen LogP contribution in [-0.4, -0.2) is 41.7 Å². The zero-order chi connectivity index (χ0) is 14.7. The molecule has 7 heteroatoms. The monoisotopic (exact) mass is 317 g/mol. The van der Waals surface area contributed by atoms with Crippen LogP contribution in [0.2, 0.25) is 10.0 Å². The number of hydrogen-bond acceptors (Lipinski definition) is 4. The Morgan fingerprint density at radius 3 is 2.90 bits per heavy atom. The predicted molar refractivity (Wildman–Crippen MR) is 81.2 cm³/mol. The Hall–Kier alpha value is -1.01. The van der Waals surface area contributed by atoms with Crippen LogP contribution in [0.25, 0.3) is 0 Å². The van der Waals surface area contributed by atoms with Crippen molar-refractivity contribution < 1.29 is 9.90 Å². The predicted octanol–water partition coefficient (Wildman–Crippen LogP) is 1.97. The second-order valence-corrected chi connectivity index (χ2v) is 5.69. The molecule has 1 atom stereocenters. The molecule has 1 aromatic rings. The second kappa shape index (κ2) is 6.63. The van der Waals surface area contributed by atoms with Gasteiger partial charge in [0.1, 0.15) is 0 Å². The number of carbonyl (C=O) groups is 1. The lowest BCUT2D eigenvalue weighted by atomic mass is 10.2. The number of nitrogen functional groups attached to an aromatic ring is 1. The SMILES string of the molecule is Nc1cc(Cl)cc(Cl)c1NC(=O)CN1CCCC1CO. The van der Waals surface area contributed by atoms with Crippen LogP contribution in [0.15, 0.2) is 12.1 Å². The van der Waals surface area contributed by atoms with Crippen molar-refractivity contribution in [2.75, 3.05) is 30.7 Å². The number of nitrogens with one attached hydrogen (secondary N) is 1. The van der Waals surface area contributed by atoms with Gasteiger partial charge in [0.15, 0.2) is 0 Å². The van der Waals surface area contributed by atoms with Gasteiger partial charge in [-0.3, -0.25) is 9.69 Å². The summed E-state index contributed by atoms with van der Waals surface area (Å²) in [5.74, 6) is -0.207. The third-order valence-corrected chi connectivity index (χ3v) is 3.92. The fourth-order valence-electron chi connectivity index (χ4n) is 2.40. The number of hydrogen-bond donors (Lipinski definition) is 3. The molecule has 0 radical (unpaired) electrons. The van der Waals surface area contributed by atoms with Crippen molar-refractivity contribution in [3.63, 3.8) is 0 Å². The topological polar surface area (TPSA) is 78.6 Å². The van der Waals surface area contributed by atoms with E-state index in [0.717, 1.165) is 19.4 Å². The lowest BCUT2D eigenvalue weighted by Gasteiger charge is -2.22. The number of aliphatic hydroxyl groups is 1. The molecule has 1 unspecified atom stereocenters. The number of likely N-dealkylation sites (tertiary alicyclic amines) is 1. The van der Waals surface area contributed by atoms with Gasteiger partial charge in [0.25, 0.3) is 0 Å². The third kappa shape index (κ3) is 3.55. The Labute approximate surface area is 127 Å². The molecule has 1 aromatic carbocycles. The Morgan fingerprint density at radius 1 is 1.50 bits per heavy atom. The molecule has 4 N–H and O–H groups in total. The van der Waals surface area contributed by atoms with Gasteiger partial charge in [-0.1, -0.05) is 23.2 Å². The summed E-state index contributed by atoms with van der Waals surface area (Å²) in [5.41, 5.74) is 6.50. The molecule has 1 aliphatic rings. The molecule has 1 saturated heterocycles. The molecule has 110 valence electrons. The van der Waals surface area contributed by atoms with E-state index in [0.29, 0.717) is 21.4 Å². The van der Waals surface area contributed by atoms with Crippen molar-refractivity contribution in [3.8, 4) is 0 Å². The molecule has 1 amide bonds. The Kier molecular flexibility index (Phi) is 5.10. The van der Waals surface area contributed by atoms with Gasteiger partial charge in [-0.05, 0) is 31.5 Å². The van der Waals surface area contributed by atoms with Crippen molar-refractivity contribution in [1.29, 1.82) is 0 Å². The van der Waals surface area contributed by atoms with Gasteiger partial charge in [-0.25, -0.2) is 0 Å². The number of nitrogens with zero attached hydrogens (tertiary/aromatic N) is 1. The Bertz CT molecular complexity index is 487. The van der Waals surface area contributed by atoms with Crippen LogP contribution in [0, 0.1) is 0 Å². The lowest BCUT2D eigenvalue weighted by molar-refractivity contribution is -0.117. The van der Waals surface area contributed by atoms with Crippen molar-refractivity contribution in [2.24, 2.45) is 0 Å². The fraction of sp³-hybridized carbons (Fsp3) is 0.462. The molecular formula is C13H17Cl2N3O2. The van der Waals surface area contributed by atoms with Gasteiger partial charge in [0.2, 0.25) is 5.91 Å². The van der Waals surface area contributed by atoms with Crippen molar-refractivity contribution >= 4 is 40.5 Å². The summed E-state index contributed by atoms with van der Waals surface area (Å²) in [5, 5.41) is 12.7. The van der Waals surface area contributed by atoms with Crippen LogP contribution in [0.5, 0.6) is 0 Å². The number of halogens is 2. The number of benzene rings is 1. The summed E-state index contributed by atoms with van der Waals surface area (Å²) in [4.78, 5) is 14.0. The molecule has 1 fully saturated rings. The number of anilines is 2. The molecule has 0 aliphatic carbocycles. The summed E-state index contributed by atoms with van der Waals surface area (Å²) in [6.45, 7) is 1.09. The van der Waals surface area contributed by atoms with Crippen molar-refractivity contribution in [3.05, 3.63) is 22.2 Å². The van der Waals surface area contributed by atoms with E-state index in [1.165, 1.54) is 12.1 Å². The van der Waals surface area contributed by atoms with E-state index in [1.807, 2.05) is 4.90 Å². The van der Waals surface area contributed by atoms with Gasteiger partial charge in [0, 0.05) is 11.1 Å². The highest BCUT2D eigenvalue weighted by Gasteiger charge is 2.25. The first-order valence-corrected chi connectivity index (χ1v) is 7.16. The number of amides is 1. The summed E-state index contributed by atoms with van der Waals surface area (Å²) in [6.07, 6.45) is 1.90. The van der Waals surface area contributed by atoms with Crippen molar-refractivity contribution in [2.45, 2.75) is 18.9 Å². The maximum absolute atomic E-state index is 12.0.